The molecule has 1 aliphatic carbocycles. The lowest BCUT2D eigenvalue weighted by Gasteiger charge is -2.15. The summed E-state index contributed by atoms with van der Waals surface area (Å²) in [5, 5.41) is 14.7. The number of anilines is 2. The number of nitrogens with two attached hydrogens (primary N) is 1. The molecule has 1 atom stereocenters. The van der Waals surface area contributed by atoms with Crippen LogP contribution in [0.4, 0.5) is 11.4 Å². The number of imidazole rings is 1. The van der Waals surface area contributed by atoms with Crippen molar-refractivity contribution in [3.8, 4) is 0 Å². The molecule has 0 bridgehead atoms. The number of hydrogen-bond donors (Lipinski definition) is 5. The van der Waals surface area contributed by atoms with Gasteiger partial charge in [0.25, 0.3) is 5.91 Å². The Hall–Kier alpha value is -3.05. The number of aliphatic carboxylic acids is 1. The number of nitrogens with one attached hydrogen (secondary N) is 3. The van der Waals surface area contributed by atoms with Crippen molar-refractivity contribution < 1.29 is 24.2 Å². The highest BCUT2D eigenvalue weighted by molar-refractivity contribution is 7.99. The molecule has 3 rings (SSSR count). The van der Waals surface area contributed by atoms with Crippen molar-refractivity contribution in [2.24, 2.45) is 0 Å². The van der Waals surface area contributed by atoms with Crippen molar-refractivity contribution in [1.82, 2.24) is 15.3 Å². The Labute approximate surface area is 202 Å². The molecule has 6 N–H and O–H groups in total. The summed E-state index contributed by atoms with van der Waals surface area (Å²) in [6.45, 7) is 0.709. The van der Waals surface area contributed by atoms with Crippen LogP contribution >= 0.6 is 11.8 Å². The van der Waals surface area contributed by atoms with E-state index in [-0.39, 0.29) is 23.6 Å². The number of nitrogens with zero attached hydrogens (tertiary/aromatic N) is 1. The lowest BCUT2D eigenvalue weighted by molar-refractivity contribution is -0.139. The number of thioether (sulfide) groups is 1. The number of hydrogen-bond acceptors (Lipinski definition) is 7. The molecule has 1 fully saturated rings. The average molecular weight is 490 g/mol. The van der Waals surface area contributed by atoms with Crippen LogP contribution in [0.2, 0.25) is 0 Å². The fourth-order valence-electron chi connectivity index (χ4n) is 3.68. The number of benzene rings is 1. The normalized spacial score (nSPS) is 14.6. The monoisotopic (exact) mass is 489 g/mol. The third-order valence-electron chi connectivity index (χ3n) is 5.49. The molecule has 0 radical (unpaired) electrons. The van der Waals surface area contributed by atoms with Gasteiger partial charge in [-0.2, -0.15) is 11.8 Å². The highest BCUT2D eigenvalue weighted by Gasteiger charge is 2.22. The highest BCUT2D eigenvalue weighted by atomic mass is 32.2. The Morgan fingerprint density at radius 3 is 2.79 bits per heavy atom. The van der Waals surface area contributed by atoms with Crippen LogP contribution in [0.15, 0.2) is 30.7 Å². The van der Waals surface area contributed by atoms with E-state index < -0.39 is 17.9 Å². The van der Waals surface area contributed by atoms with Crippen molar-refractivity contribution >= 4 is 40.9 Å². The number of carbonyl (C=O) groups excluding carboxylic acids is 2. The fraction of sp³-hybridized carbons (Fsp3) is 0.478. The Kier molecular flexibility index (Phi) is 9.77. The smallest absolute Gasteiger partial charge is 0.326 e. The number of ether oxygens (including phenoxy) is 1. The second-order valence-electron chi connectivity index (χ2n) is 8.18. The first-order valence-corrected chi connectivity index (χ1v) is 12.5. The molecule has 2 amide bonds. The molecule has 11 heteroatoms. The number of rotatable bonds is 13. The molecule has 1 saturated carbocycles. The molecule has 1 aliphatic rings. The number of carboxylic acids is 1. The van der Waals surface area contributed by atoms with Crippen LogP contribution < -0.4 is 16.4 Å². The predicted molar refractivity (Wildman–Crippen MR) is 131 cm³/mol. The molecule has 1 heterocycles. The van der Waals surface area contributed by atoms with Crippen molar-refractivity contribution in [2.75, 3.05) is 29.2 Å². The zero-order valence-electron chi connectivity index (χ0n) is 18.9. The van der Waals surface area contributed by atoms with Crippen LogP contribution in [0.1, 0.15) is 48.2 Å². The number of carbonyl (C=O) groups is 3. The van der Waals surface area contributed by atoms with E-state index in [2.05, 4.69) is 20.6 Å². The van der Waals surface area contributed by atoms with E-state index in [9.17, 15) is 19.5 Å². The fourth-order valence-corrected chi connectivity index (χ4v) is 4.40. The number of aromatic amines is 1. The van der Waals surface area contributed by atoms with Crippen molar-refractivity contribution in [2.45, 2.75) is 50.7 Å². The Morgan fingerprint density at radius 1 is 1.29 bits per heavy atom. The van der Waals surface area contributed by atoms with Gasteiger partial charge in [-0.3, -0.25) is 9.59 Å². The van der Waals surface area contributed by atoms with E-state index >= 15 is 0 Å². The summed E-state index contributed by atoms with van der Waals surface area (Å²) in [6, 6.07) is 3.28. The van der Waals surface area contributed by atoms with Crippen LogP contribution in [0, 0.1) is 0 Å². The summed E-state index contributed by atoms with van der Waals surface area (Å²) < 4.78 is 5.82. The highest BCUT2D eigenvalue weighted by Crippen LogP contribution is 2.22. The summed E-state index contributed by atoms with van der Waals surface area (Å²) in [4.78, 5) is 43.2. The summed E-state index contributed by atoms with van der Waals surface area (Å²) in [7, 11) is 0. The zero-order chi connectivity index (χ0) is 24.3. The first-order valence-electron chi connectivity index (χ1n) is 11.3. The summed E-state index contributed by atoms with van der Waals surface area (Å²) in [5.74, 6) is -0.916. The second kappa shape index (κ2) is 13.0. The second-order valence-corrected chi connectivity index (χ2v) is 9.28. The Bertz CT molecular complexity index is 963. The molecule has 184 valence electrons. The average Bonchev–Trinajstić information content (AvgIpc) is 3.51. The van der Waals surface area contributed by atoms with Gasteiger partial charge in [-0.05, 0) is 43.2 Å². The predicted octanol–water partition coefficient (Wildman–Crippen LogP) is 2.44. The van der Waals surface area contributed by atoms with Gasteiger partial charge in [0.05, 0.1) is 29.6 Å². The molecular weight excluding hydrogens is 458 g/mol. The van der Waals surface area contributed by atoms with Crippen LogP contribution in [0.25, 0.3) is 0 Å². The third-order valence-corrected chi connectivity index (χ3v) is 6.54. The molecule has 2 aromatic rings. The lowest BCUT2D eigenvalue weighted by Crippen LogP contribution is -2.42. The van der Waals surface area contributed by atoms with Gasteiger partial charge in [-0.15, -0.1) is 0 Å². The standard InChI is InChI=1S/C23H31N5O5S/c24-18-7-6-15(22(30)28-20(23(31)32)11-16-12-25-14-26-16)10-19(18)27-21(29)13-34-9-3-8-33-17-4-1-2-5-17/h6-7,10,12,14,17,20H,1-5,8-9,11,13,24H2,(H,25,26)(H,27,29)(H,28,30)(H,31,32). The molecule has 34 heavy (non-hydrogen) atoms. The zero-order valence-corrected chi connectivity index (χ0v) is 19.7. The lowest BCUT2D eigenvalue weighted by atomic mass is 10.1. The maximum absolute atomic E-state index is 12.6. The quantitative estimate of drug-likeness (QED) is 0.212. The first kappa shape index (κ1) is 25.6. The number of carboxylic acid groups (broad SMARTS) is 1. The Balaban J connectivity index is 1.45. The van der Waals surface area contributed by atoms with Gasteiger partial charge in [0.15, 0.2) is 0 Å². The van der Waals surface area contributed by atoms with Gasteiger partial charge >= 0.3 is 5.97 Å². The molecule has 1 aromatic carbocycles. The maximum atomic E-state index is 12.6. The molecule has 0 aliphatic heterocycles. The van der Waals surface area contributed by atoms with E-state index in [4.69, 9.17) is 10.5 Å². The van der Waals surface area contributed by atoms with Gasteiger partial charge in [0.1, 0.15) is 6.04 Å². The van der Waals surface area contributed by atoms with Crippen LogP contribution in [0.3, 0.4) is 0 Å². The number of aromatic nitrogens is 2. The first-order chi connectivity index (χ1) is 16.4. The Morgan fingerprint density at radius 2 is 2.09 bits per heavy atom. The SMILES string of the molecule is Nc1ccc(C(=O)NC(Cc2cnc[nH]2)C(=O)O)cc1NC(=O)CSCCCOC1CCCC1. The van der Waals surface area contributed by atoms with Gasteiger partial charge in [0, 0.05) is 30.5 Å². The molecular formula is C23H31N5O5S. The molecule has 1 aromatic heterocycles. The van der Waals surface area contributed by atoms with E-state index in [1.165, 1.54) is 55.3 Å². The van der Waals surface area contributed by atoms with Crippen LogP contribution in [-0.4, -0.2) is 63.1 Å². The van der Waals surface area contributed by atoms with Crippen molar-refractivity contribution in [3.63, 3.8) is 0 Å². The third kappa shape index (κ3) is 8.07. The van der Waals surface area contributed by atoms with Crippen molar-refractivity contribution in [3.05, 3.63) is 42.0 Å². The van der Waals surface area contributed by atoms with E-state index in [1.54, 1.807) is 0 Å². The van der Waals surface area contributed by atoms with Gasteiger partial charge in [-0.1, -0.05) is 12.8 Å². The molecule has 1 unspecified atom stereocenters. The minimum atomic E-state index is -1.17. The minimum absolute atomic E-state index is 0.0581. The minimum Gasteiger partial charge on any atom is -0.480 e. The number of H-pyrrole nitrogens is 1. The molecule has 0 spiro atoms. The van der Waals surface area contributed by atoms with Crippen molar-refractivity contribution in [1.29, 1.82) is 0 Å². The summed E-state index contributed by atoms with van der Waals surface area (Å²) in [6.07, 6.45) is 9.07. The number of amides is 2. The largest absolute Gasteiger partial charge is 0.480 e. The van der Waals surface area contributed by atoms with Crippen LogP contribution in [0.5, 0.6) is 0 Å². The topological polar surface area (TPSA) is 159 Å². The summed E-state index contributed by atoms with van der Waals surface area (Å²) >= 11 is 1.51. The number of nitrogen functional groups attached to an aromatic ring is 1. The molecule has 10 nitrogen and oxygen atoms in total. The molecule has 0 saturated heterocycles. The van der Waals surface area contributed by atoms with E-state index in [1.807, 2.05) is 0 Å². The van der Waals surface area contributed by atoms with E-state index in [0.717, 1.165) is 25.0 Å². The van der Waals surface area contributed by atoms with Crippen LogP contribution in [-0.2, 0) is 20.7 Å². The van der Waals surface area contributed by atoms with Gasteiger partial charge in [0.2, 0.25) is 5.91 Å². The van der Waals surface area contributed by atoms with E-state index in [0.29, 0.717) is 29.8 Å². The summed E-state index contributed by atoms with van der Waals surface area (Å²) in [5.41, 5.74) is 7.35. The van der Waals surface area contributed by atoms with Gasteiger partial charge in [-0.25, -0.2) is 9.78 Å². The van der Waals surface area contributed by atoms with Gasteiger partial charge < -0.3 is 31.2 Å². The maximum Gasteiger partial charge on any atom is 0.326 e.